The van der Waals surface area contributed by atoms with Gasteiger partial charge in [-0.2, -0.15) is 0 Å². The Labute approximate surface area is 204 Å². The number of anilines is 1. The molecule has 1 fully saturated rings. The van der Waals surface area contributed by atoms with Crippen LogP contribution in [0.3, 0.4) is 0 Å². The van der Waals surface area contributed by atoms with E-state index in [0.29, 0.717) is 35.5 Å². The Morgan fingerprint density at radius 1 is 1.29 bits per heavy atom. The molecule has 10 heteroatoms. The molecule has 3 aromatic rings. The highest BCUT2D eigenvalue weighted by atomic mass is 79.9. The molecule has 0 unspecified atom stereocenters. The molecule has 1 aromatic heterocycles. The summed E-state index contributed by atoms with van der Waals surface area (Å²) < 4.78 is 12.5. The molecule has 2 aromatic carbocycles. The van der Waals surface area contributed by atoms with Crippen LogP contribution in [-0.4, -0.2) is 62.3 Å². The van der Waals surface area contributed by atoms with Crippen molar-refractivity contribution in [2.24, 2.45) is 0 Å². The van der Waals surface area contributed by atoms with E-state index in [4.69, 9.17) is 26.1 Å². The van der Waals surface area contributed by atoms with Crippen molar-refractivity contribution >= 4 is 72.5 Å². The monoisotopic (exact) mass is 545 g/mol. The summed E-state index contributed by atoms with van der Waals surface area (Å²) in [4.78, 5) is 22.3. The number of carbonyl (C=O) groups is 1. The fourth-order valence-electron chi connectivity index (χ4n) is 3.29. The first-order valence-corrected chi connectivity index (χ1v) is 11.6. The molecule has 0 radical (unpaired) electrons. The highest BCUT2D eigenvalue weighted by Crippen LogP contribution is 2.33. The second-order valence-corrected chi connectivity index (χ2v) is 9.20. The second-order valence-electron chi connectivity index (χ2n) is 6.87. The Morgan fingerprint density at radius 3 is 2.81 bits per heavy atom. The Kier molecular flexibility index (Phi) is 8.55. The molecule has 1 aliphatic rings. The van der Waals surface area contributed by atoms with Gasteiger partial charge in [-0.25, -0.2) is 4.98 Å². The quantitative estimate of drug-likeness (QED) is 0.429. The summed E-state index contributed by atoms with van der Waals surface area (Å²) >= 11 is 11.3. The Morgan fingerprint density at radius 2 is 2.06 bits per heavy atom. The lowest BCUT2D eigenvalue weighted by atomic mass is 10.2. The predicted molar refractivity (Wildman–Crippen MR) is 132 cm³/mol. The maximum atomic E-state index is 13.5. The number of methoxy groups -OCH3 is 1. The molecule has 0 N–H and O–H groups in total. The van der Waals surface area contributed by atoms with Gasteiger partial charge < -0.3 is 9.47 Å². The first-order chi connectivity index (χ1) is 14.5. The molecule has 1 aliphatic heterocycles. The molecule has 0 aliphatic carbocycles. The first kappa shape index (κ1) is 24.2. The number of benzene rings is 2. The number of nitrogens with zero attached hydrogens (tertiary/aromatic N) is 3. The highest BCUT2D eigenvalue weighted by molar-refractivity contribution is 9.10. The van der Waals surface area contributed by atoms with E-state index in [1.54, 1.807) is 24.1 Å². The van der Waals surface area contributed by atoms with Crippen molar-refractivity contribution < 1.29 is 14.3 Å². The first-order valence-electron chi connectivity index (χ1n) is 9.57. The van der Waals surface area contributed by atoms with Crippen LogP contribution in [0.1, 0.15) is 10.4 Å². The third-order valence-corrected chi connectivity index (χ3v) is 6.84. The number of hydrogen-bond acceptors (Lipinski definition) is 6. The summed E-state index contributed by atoms with van der Waals surface area (Å²) in [6, 6.07) is 11.0. The van der Waals surface area contributed by atoms with E-state index in [9.17, 15) is 4.79 Å². The summed E-state index contributed by atoms with van der Waals surface area (Å²) in [6.45, 7) is 4.39. The number of carbonyl (C=O) groups excluding carboxylic acids is 1. The van der Waals surface area contributed by atoms with Crippen LogP contribution in [0.25, 0.3) is 10.2 Å². The van der Waals surface area contributed by atoms with Gasteiger partial charge in [-0.1, -0.05) is 38.9 Å². The molecular formula is C21H22BrCl2N3O3S. The molecule has 0 bridgehead atoms. The molecule has 2 heterocycles. The smallest absolute Gasteiger partial charge is 0.261 e. The van der Waals surface area contributed by atoms with Crippen LogP contribution >= 0.6 is 51.3 Å². The predicted octanol–water partition coefficient (Wildman–Crippen LogP) is 5.12. The second kappa shape index (κ2) is 10.9. The van der Waals surface area contributed by atoms with E-state index in [1.165, 1.54) is 11.3 Å². The maximum absolute atomic E-state index is 13.5. The molecule has 1 saturated heterocycles. The lowest BCUT2D eigenvalue weighted by Gasteiger charge is -2.29. The molecule has 4 rings (SSSR count). The molecule has 31 heavy (non-hydrogen) atoms. The largest absolute Gasteiger partial charge is 0.497 e. The summed E-state index contributed by atoms with van der Waals surface area (Å²) in [7, 11) is 1.63. The number of amides is 1. The fourth-order valence-corrected chi connectivity index (χ4v) is 4.82. The standard InChI is InChI=1S/C21H21BrClN3O3S.ClH/c1-28-15-3-5-19-18(13-15)24-21(30-19)26(7-6-25-8-10-29-11-9-25)20(27)16-12-14(22)2-4-17(16)23;/h2-5,12-13H,6-11H2,1H3;1H. The number of ether oxygens (including phenoxy) is 2. The van der Waals surface area contributed by atoms with Crippen molar-refractivity contribution in [1.82, 2.24) is 9.88 Å². The molecule has 6 nitrogen and oxygen atoms in total. The third-order valence-electron chi connectivity index (χ3n) is 4.96. The zero-order valence-corrected chi connectivity index (χ0v) is 20.8. The van der Waals surface area contributed by atoms with Gasteiger partial charge in [-0.15, -0.1) is 12.4 Å². The third kappa shape index (κ3) is 5.69. The summed E-state index contributed by atoms with van der Waals surface area (Å²) in [5, 5.41) is 1.06. The van der Waals surface area contributed by atoms with Crippen LogP contribution in [0, 0.1) is 0 Å². The van der Waals surface area contributed by atoms with Crippen LogP contribution in [-0.2, 0) is 4.74 Å². The normalized spacial score (nSPS) is 14.3. The molecule has 0 spiro atoms. The van der Waals surface area contributed by atoms with Gasteiger partial charge in [-0.3, -0.25) is 14.6 Å². The van der Waals surface area contributed by atoms with Gasteiger partial charge in [0.15, 0.2) is 5.13 Å². The summed E-state index contributed by atoms with van der Waals surface area (Å²) in [6.07, 6.45) is 0. The van der Waals surface area contributed by atoms with Gasteiger partial charge in [-0.05, 0) is 30.3 Å². The number of thiazole rings is 1. The van der Waals surface area contributed by atoms with Crippen molar-refractivity contribution in [3.05, 3.63) is 51.5 Å². The summed E-state index contributed by atoms with van der Waals surface area (Å²) in [5.74, 6) is 0.571. The van der Waals surface area contributed by atoms with Gasteiger partial charge in [0.2, 0.25) is 0 Å². The van der Waals surface area contributed by atoms with E-state index >= 15 is 0 Å². The van der Waals surface area contributed by atoms with Crippen LogP contribution in [0.2, 0.25) is 5.02 Å². The van der Waals surface area contributed by atoms with E-state index in [-0.39, 0.29) is 18.3 Å². The number of fused-ring (bicyclic) bond motifs is 1. The van der Waals surface area contributed by atoms with Crippen LogP contribution in [0.5, 0.6) is 5.75 Å². The van der Waals surface area contributed by atoms with Crippen LogP contribution in [0.15, 0.2) is 40.9 Å². The van der Waals surface area contributed by atoms with Crippen LogP contribution in [0.4, 0.5) is 5.13 Å². The van der Waals surface area contributed by atoms with Crippen molar-refractivity contribution in [3.8, 4) is 5.75 Å². The van der Waals surface area contributed by atoms with E-state index < -0.39 is 0 Å². The molecule has 0 saturated carbocycles. The SMILES string of the molecule is COc1ccc2sc(N(CCN3CCOCC3)C(=O)c3cc(Br)ccc3Cl)nc2c1.Cl. The molecule has 0 atom stereocenters. The number of hydrogen-bond donors (Lipinski definition) is 0. The average molecular weight is 547 g/mol. The van der Waals surface area contributed by atoms with Crippen molar-refractivity contribution in [2.45, 2.75) is 0 Å². The minimum atomic E-state index is -0.166. The topological polar surface area (TPSA) is 54.9 Å². The number of halogens is 3. The number of rotatable bonds is 6. The lowest BCUT2D eigenvalue weighted by molar-refractivity contribution is 0.0391. The van der Waals surface area contributed by atoms with Gasteiger partial charge >= 0.3 is 0 Å². The highest BCUT2D eigenvalue weighted by Gasteiger charge is 2.24. The van der Waals surface area contributed by atoms with E-state index in [0.717, 1.165) is 40.1 Å². The lowest BCUT2D eigenvalue weighted by Crippen LogP contribution is -2.43. The zero-order valence-electron chi connectivity index (χ0n) is 16.8. The maximum Gasteiger partial charge on any atom is 0.261 e. The van der Waals surface area contributed by atoms with Gasteiger partial charge in [0, 0.05) is 36.7 Å². The van der Waals surface area contributed by atoms with E-state index in [2.05, 4.69) is 20.8 Å². The minimum Gasteiger partial charge on any atom is -0.497 e. The minimum absolute atomic E-state index is 0. The number of aromatic nitrogens is 1. The summed E-state index contributed by atoms with van der Waals surface area (Å²) in [5.41, 5.74) is 1.25. The van der Waals surface area contributed by atoms with Gasteiger partial charge in [0.1, 0.15) is 5.75 Å². The Bertz CT molecular complexity index is 1060. The number of morpholine rings is 1. The fraction of sp³-hybridized carbons (Fsp3) is 0.333. The average Bonchev–Trinajstić information content (AvgIpc) is 3.19. The molecule has 166 valence electrons. The Balaban J connectivity index is 0.00000272. The van der Waals surface area contributed by atoms with Crippen LogP contribution < -0.4 is 9.64 Å². The van der Waals surface area contributed by atoms with Gasteiger partial charge in [0.25, 0.3) is 5.91 Å². The van der Waals surface area contributed by atoms with Crippen molar-refractivity contribution in [3.63, 3.8) is 0 Å². The van der Waals surface area contributed by atoms with Gasteiger partial charge in [0.05, 0.1) is 41.1 Å². The van der Waals surface area contributed by atoms with E-state index in [1.807, 2.05) is 24.3 Å². The van der Waals surface area contributed by atoms with Crippen molar-refractivity contribution in [1.29, 1.82) is 0 Å². The molecule has 1 amide bonds. The van der Waals surface area contributed by atoms with Crippen molar-refractivity contribution in [2.75, 3.05) is 51.4 Å². The molecular weight excluding hydrogens is 525 g/mol. The Hall–Kier alpha value is -1.42. The zero-order chi connectivity index (χ0) is 21.1.